The van der Waals surface area contributed by atoms with Crippen molar-refractivity contribution < 1.29 is 0 Å². The number of hydrogen-bond donors (Lipinski definition) is 1. The third-order valence-electron chi connectivity index (χ3n) is 2.28. The van der Waals surface area contributed by atoms with Gasteiger partial charge in [-0.3, -0.25) is 0 Å². The van der Waals surface area contributed by atoms with Gasteiger partial charge in [0, 0.05) is 11.6 Å². The van der Waals surface area contributed by atoms with E-state index in [1.54, 1.807) is 0 Å². The molecule has 0 aliphatic carbocycles. The molecule has 0 aromatic heterocycles. The second-order valence-electron chi connectivity index (χ2n) is 3.46. The first-order valence-electron chi connectivity index (χ1n) is 4.55. The Hall–Kier alpha value is -0.530. The van der Waals surface area contributed by atoms with Gasteiger partial charge in [0.05, 0.1) is 0 Å². The summed E-state index contributed by atoms with van der Waals surface area (Å²) in [4.78, 5) is 0. The number of halogens is 1. The summed E-state index contributed by atoms with van der Waals surface area (Å²) >= 11 is 5.94. The minimum absolute atomic E-state index is 0.517. The molecule has 0 spiro atoms. The SMILES string of the molecule is CNCC(C)c1cc(Cl)ccc1C. The molecule has 0 saturated carbocycles. The molecule has 2 heteroatoms. The van der Waals surface area contributed by atoms with Crippen molar-refractivity contribution in [3.05, 3.63) is 34.3 Å². The van der Waals surface area contributed by atoms with Crippen LogP contribution in [0.4, 0.5) is 0 Å². The van der Waals surface area contributed by atoms with E-state index in [9.17, 15) is 0 Å². The van der Waals surface area contributed by atoms with E-state index in [2.05, 4.69) is 31.3 Å². The first kappa shape index (κ1) is 10.6. The predicted molar refractivity (Wildman–Crippen MR) is 58.5 cm³/mol. The highest BCUT2D eigenvalue weighted by molar-refractivity contribution is 6.30. The second-order valence-corrected chi connectivity index (χ2v) is 3.90. The summed E-state index contributed by atoms with van der Waals surface area (Å²) in [7, 11) is 1.97. The summed E-state index contributed by atoms with van der Waals surface area (Å²) in [6, 6.07) is 6.06. The summed E-state index contributed by atoms with van der Waals surface area (Å²) in [5, 5.41) is 3.99. The quantitative estimate of drug-likeness (QED) is 0.786. The van der Waals surface area contributed by atoms with E-state index >= 15 is 0 Å². The van der Waals surface area contributed by atoms with Crippen molar-refractivity contribution >= 4 is 11.6 Å². The van der Waals surface area contributed by atoms with E-state index < -0.39 is 0 Å². The van der Waals surface area contributed by atoms with Gasteiger partial charge in [0.2, 0.25) is 0 Å². The molecule has 1 nitrogen and oxygen atoms in total. The molecule has 0 radical (unpaired) electrons. The van der Waals surface area contributed by atoms with Crippen LogP contribution in [0.1, 0.15) is 24.0 Å². The monoisotopic (exact) mass is 197 g/mol. The Morgan fingerprint density at radius 2 is 2.15 bits per heavy atom. The van der Waals surface area contributed by atoms with E-state index in [0.29, 0.717) is 5.92 Å². The maximum Gasteiger partial charge on any atom is 0.0409 e. The van der Waals surface area contributed by atoms with Gasteiger partial charge in [-0.25, -0.2) is 0 Å². The van der Waals surface area contributed by atoms with Crippen LogP contribution in [0.2, 0.25) is 5.02 Å². The van der Waals surface area contributed by atoms with Gasteiger partial charge in [0.15, 0.2) is 0 Å². The number of rotatable bonds is 3. The number of nitrogens with one attached hydrogen (secondary N) is 1. The summed E-state index contributed by atoms with van der Waals surface area (Å²) in [6.07, 6.45) is 0. The fraction of sp³-hybridized carbons (Fsp3) is 0.455. The fourth-order valence-corrected chi connectivity index (χ4v) is 1.74. The number of likely N-dealkylation sites (N-methyl/N-ethyl adjacent to an activating group) is 1. The van der Waals surface area contributed by atoms with Crippen molar-refractivity contribution in [2.75, 3.05) is 13.6 Å². The van der Waals surface area contributed by atoms with Crippen LogP contribution in [0.3, 0.4) is 0 Å². The van der Waals surface area contributed by atoms with Crippen molar-refractivity contribution in [1.29, 1.82) is 0 Å². The molecule has 0 fully saturated rings. The molecule has 0 bridgehead atoms. The lowest BCUT2D eigenvalue weighted by atomic mass is 9.96. The Labute approximate surface area is 85.1 Å². The zero-order valence-corrected chi connectivity index (χ0v) is 9.15. The van der Waals surface area contributed by atoms with Gasteiger partial charge in [0.1, 0.15) is 0 Å². The zero-order chi connectivity index (χ0) is 9.84. The highest BCUT2D eigenvalue weighted by atomic mass is 35.5. The predicted octanol–water partition coefficient (Wildman–Crippen LogP) is 2.97. The molecule has 0 aliphatic heterocycles. The third-order valence-corrected chi connectivity index (χ3v) is 2.52. The Morgan fingerprint density at radius 1 is 1.46 bits per heavy atom. The first-order chi connectivity index (χ1) is 6.15. The molecule has 1 N–H and O–H groups in total. The summed E-state index contributed by atoms with van der Waals surface area (Å²) in [5.74, 6) is 0.517. The van der Waals surface area contributed by atoms with E-state index in [4.69, 9.17) is 11.6 Å². The van der Waals surface area contributed by atoms with Crippen molar-refractivity contribution in [3.8, 4) is 0 Å². The lowest BCUT2D eigenvalue weighted by molar-refractivity contribution is 0.674. The molecule has 0 heterocycles. The Kier molecular flexibility index (Phi) is 3.76. The molecule has 0 aliphatic rings. The van der Waals surface area contributed by atoms with E-state index in [0.717, 1.165) is 11.6 Å². The van der Waals surface area contributed by atoms with Gasteiger partial charge in [-0.1, -0.05) is 24.6 Å². The Balaban J connectivity index is 2.91. The van der Waals surface area contributed by atoms with E-state index in [1.165, 1.54) is 11.1 Å². The maximum absolute atomic E-state index is 5.94. The van der Waals surface area contributed by atoms with Crippen molar-refractivity contribution in [1.82, 2.24) is 5.32 Å². The number of benzene rings is 1. The molecule has 72 valence electrons. The summed E-state index contributed by atoms with van der Waals surface area (Å²) < 4.78 is 0. The van der Waals surface area contributed by atoms with Crippen molar-refractivity contribution in [2.45, 2.75) is 19.8 Å². The molecular formula is C11H16ClN. The lowest BCUT2D eigenvalue weighted by Gasteiger charge is -2.14. The normalized spacial score (nSPS) is 12.9. The minimum atomic E-state index is 0.517. The number of aryl methyl sites for hydroxylation is 1. The largest absolute Gasteiger partial charge is 0.319 e. The van der Waals surface area contributed by atoms with Crippen molar-refractivity contribution in [2.24, 2.45) is 0 Å². The minimum Gasteiger partial charge on any atom is -0.319 e. The fourth-order valence-electron chi connectivity index (χ4n) is 1.56. The van der Waals surface area contributed by atoms with E-state index in [-0.39, 0.29) is 0 Å². The van der Waals surface area contributed by atoms with Crippen LogP contribution >= 0.6 is 11.6 Å². The van der Waals surface area contributed by atoms with Crippen molar-refractivity contribution in [3.63, 3.8) is 0 Å². The maximum atomic E-state index is 5.94. The molecule has 1 rings (SSSR count). The molecule has 1 aromatic rings. The molecule has 0 saturated heterocycles. The van der Waals surface area contributed by atoms with Gasteiger partial charge < -0.3 is 5.32 Å². The van der Waals surface area contributed by atoms with Crippen LogP contribution in [0.25, 0.3) is 0 Å². The topological polar surface area (TPSA) is 12.0 Å². The molecule has 13 heavy (non-hydrogen) atoms. The first-order valence-corrected chi connectivity index (χ1v) is 4.93. The van der Waals surface area contributed by atoms with Crippen LogP contribution in [0.5, 0.6) is 0 Å². The van der Waals surface area contributed by atoms with Gasteiger partial charge in [-0.2, -0.15) is 0 Å². The van der Waals surface area contributed by atoms with Gasteiger partial charge in [-0.05, 0) is 43.1 Å². The molecule has 1 aromatic carbocycles. The molecular weight excluding hydrogens is 182 g/mol. The van der Waals surface area contributed by atoms with Crippen LogP contribution in [-0.4, -0.2) is 13.6 Å². The van der Waals surface area contributed by atoms with Gasteiger partial charge in [0.25, 0.3) is 0 Å². The molecule has 1 unspecified atom stereocenters. The summed E-state index contributed by atoms with van der Waals surface area (Å²) in [5.41, 5.74) is 2.65. The van der Waals surface area contributed by atoms with E-state index in [1.807, 2.05) is 13.1 Å². The smallest absolute Gasteiger partial charge is 0.0409 e. The Bertz CT molecular complexity index is 283. The van der Waals surface area contributed by atoms with Gasteiger partial charge in [-0.15, -0.1) is 0 Å². The molecule has 0 amide bonds. The zero-order valence-electron chi connectivity index (χ0n) is 8.39. The third kappa shape index (κ3) is 2.71. The molecule has 1 atom stereocenters. The standard InChI is InChI=1S/C11H16ClN/c1-8-4-5-10(12)6-11(8)9(2)7-13-3/h4-6,9,13H,7H2,1-3H3. The number of hydrogen-bond acceptors (Lipinski definition) is 1. The second kappa shape index (κ2) is 4.64. The summed E-state index contributed by atoms with van der Waals surface area (Å²) in [6.45, 7) is 5.31. The highest BCUT2D eigenvalue weighted by Gasteiger charge is 2.07. The average Bonchev–Trinajstić information content (AvgIpc) is 2.09. The van der Waals surface area contributed by atoms with Crippen LogP contribution in [-0.2, 0) is 0 Å². The van der Waals surface area contributed by atoms with Crippen LogP contribution in [0.15, 0.2) is 18.2 Å². The average molecular weight is 198 g/mol. The van der Waals surface area contributed by atoms with Crippen LogP contribution in [0, 0.1) is 6.92 Å². The lowest BCUT2D eigenvalue weighted by Crippen LogP contribution is -2.15. The van der Waals surface area contributed by atoms with Crippen LogP contribution < -0.4 is 5.32 Å². The highest BCUT2D eigenvalue weighted by Crippen LogP contribution is 2.22. The Morgan fingerprint density at radius 3 is 2.77 bits per heavy atom. The van der Waals surface area contributed by atoms with Gasteiger partial charge >= 0.3 is 0 Å².